The number of rotatable bonds is 4. The summed E-state index contributed by atoms with van der Waals surface area (Å²) >= 11 is 5.88. The molecule has 0 fully saturated rings. The standard InChI is InChI=1S/C10H15ClN2O/c1-4-7-6-9(11)13-10(12-7)8(5-2)14-3/h6,8H,4-5H2,1-3H3. The molecule has 0 saturated heterocycles. The number of ether oxygens (including phenoxy) is 1. The highest BCUT2D eigenvalue weighted by atomic mass is 35.5. The first-order valence-corrected chi connectivity index (χ1v) is 5.15. The maximum atomic E-state index is 5.88. The van der Waals surface area contributed by atoms with Crippen molar-refractivity contribution in [1.82, 2.24) is 9.97 Å². The van der Waals surface area contributed by atoms with Gasteiger partial charge in [-0.2, -0.15) is 0 Å². The highest BCUT2D eigenvalue weighted by Gasteiger charge is 2.12. The number of halogens is 1. The average Bonchev–Trinajstić information content (AvgIpc) is 2.19. The van der Waals surface area contributed by atoms with Crippen molar-refractivity contribution in [3.05, 3.63) is 22.7 Å². The quantitative estimate of drug-likeness (QED) is 0.723. The van der Waals surface area contributed by atoms with Crippen LogP contribution in [0.4, 0.5) is 0 Å². The van der Waals surface area contributed by atoms with Gasteiger partial charge in [-0.15, -0.1) is 0 Å². The van der Waals surface area contributed by atoms with E-state index in [-0.39, 0.29) is 6.10 Å². The smallest absolute Gasteiger partial charge is 0.159 e. The minimum atomic E-state index is -0.0565. The van der Waals surface area contributed by atoms with Crippen molar-refractivity contribution in [3.8, 4) is 0 Å². The van der Waals surface area contributed by atoms with Gasteiger partial charge in [-0.3, -0.25) is 0 Å². The van der Waals surface area contributed by atoms with E-state index in [0.717, 1.165) is 18.5 Å². The lowest BCUT2D eigenvalue weighted by molar-refractivity contribution is 0.0924. The van der Waals surface area contributed by atoms with E-state index >= 15 is 0 Å². The van der Waals surface area contributed by atoms with Crippen molar-refractivity contribution in [1.29, 1.82) is 0 Å². The van der Waals surface area contributed by atoms with E-state index < -0.39 is 0 Å². The molecule has 1 heterocycles. The van der Waals surface area contributed by atoms with Crippen molar-refractivity contribution in [2.75, 3.05) is 7.11 Å². The fourth-order valence-electron chi connectivity index (χ4n) is 1.26. The first kappa shape index (κ1) is 11.4. The van der Waals surface area contributed by atoms with Gasteiger partial charge in [0.1, 0.15) is 11.3 Å². The summed E-state index contributed by atoms with van der Waals surface area (Å²) in [5.74, 6) is 0.680. The fourth-order valence-corrected chi connectivity index (χ4v) is 1.48. The molecule has 1 unspecified atom stereocenters. The molecule has 0 aliphatic carbocycles. The first-order valence-electron chi connectivity index (χ1n) is 4.77. The summed E-state index contributed by atoms with van der Waals surface area (Å²) in [5.41, 5.74) is 0.954. The van der Waals surface area contributed by atoms with E-state index in [2.05, 4.69) is 9.97 Å². The van der Waals surface area contributed by atoms with Crippen molar-refractivity contribution >= 4 is 11.6 Å². The normalized spacial score (nSPS) is 12.9. The van der Waals surface area contributed by atoms with E-state index in [0.29, 0.717) is 11.0 Å². The van der Waals surface area contributed by atoms with E-state index in [1.807, 2.05) is 13.8 Å². The van der Waals surface area contributed by atoms with Crippen LogP contribution < -0.4 is 0 Å². The lowest BCUT2D eigenvalue weighted by Crippen LogP contribution is -2.07. The van der Waals surface area contributed by atoms with Crippen LogP contribution in [0.2, 0.25) is 5.15 Å². The van der Waals surface area contributed by atoms with Crippen LogP contribution in [0.3, 0.4) is 0 Å². The van der Waals surface area contributed by atoms with Crippen LogP contribution in [0.25, 0.3) is 0 Å². The monoisotopic (exact) mass is 214 g/mol. The highest BCUT2D eigenvalue weighted by Crippen LogP contribution is 2.18. The predicted octanol–water partition coefficient (Wildman–Crippen LogP) is 2.79. The Morgan fingerprint density at radius 2 is 2.14 bits per heavy atom. The number of nitrogens with zero attached hydrogens (tertiary/aromatic N) is 2. The summed E-state index contributed by atoms with van der Waals surface area (Å²) < 4.78 is 5.26. The van der Waals surface area contributed by atoms with Gasteiger partial charge >= 0.3 is 0 Å². The second-order valence-electron chi connectivity index (χ2n) is 3.03. The number of aryl methyl sites for hydroxylation is 1. The van der Waals surface area contributed by atoms with Crippen LogP contribution in [0, 0.1) is 0 Å². The third-order valence-corrected chi connectivity index (χ3v) is 2.26. The predicted molar refractivity (Wildman–Crippen MR) is 56.5 cm³/mol. The van der Waals surface area contributed by atoms with E-state index in [1.165, 1.54) is 0 Å². The maximum absolute atomic E-state index is 5.88. The Balaban J connectivity index is 3.01. The second-order valence-corrected chi connectivity index (χ2v) is 3.41. The molecule has 1 rings (SSSR count). The fraction of sp³-hybridized carbons (Fsp3) is 0.600. The molecule has 14 heavy (non-hydrogen) atoms. The minimum Gasteiger partial charge on any atom is -0.373 e. The molecule has 4 heteroatoms. The lowest BCUT2D eigenvalue weighted by atomic mass is 10.2. The zero-order chi connectivity index (χ0) is 10.6. The lowest BCUT2D eigenvalue weighted by Gasteiger charge is -2.12. The first-order chi connectivity index (χ1) is 6.71. The zero-order valence-corrected chi connectivity index (χ0v) is 9.51. The van der Waals surface area contributed by atoms with Gasteiger partial charge in [0, 0.05) is 12.8 Å². The molecule has 1 atom stereocenters. The topological polar surface area (TPSA) is 35.0 Å². The highest BCUT2D eigenvalue weighted by molar-refractivity contribution is 6.29. The number of aromatic nitrogens is 2. The van der Waals surface area contributed by atoms with Crippen LogP contribution in [0.5, 0.6) is 0 Å². The summed E-state index contributed by atoms with van der Waals surface area (Å²) in [6.45, 7) is 4.07. The Kier molecular flexibility index (Phi) is 4.29. The largest absolute Gasteiger partial charge is 0.373 e. The van der Waals surface area contributed by atoms with Gasteiger partial charge in [0.05, 0.1) is 0 Å². The zero-order valence-electron chi connectivity index (χ0n) is 8.75. The van der Waals surface area contributed by atoms with Gasteiger partial charge in [-0.05, 0) is 18.9 Å². The second kappa shape index (κ2) is 5.27. The summed E-state index contributed by atoms with van der Waals surface area (Å²) in [5, 5.41) is 0.488. The van der Waals surface area contributed by atoms with Gasteiger partial charge in [0.25, 0.3) is 0 Å². The van der Waals surface area contributed by atoms with Crippen LogP contribution >= 0.6 is 11.6 Å². The van der Waals surface area contributed by atoms with Crippen LogP contribution in [-0.2, 0) is 11.2 Å². The van der Waals surface area contributed by atoms with Crippen molar-refractivity contribution in [2.45, 2.75) is 32.8 Å². The van der Waals surface area contributed by atoms with Gasteiger partial charge in [0.2, 0.25) is 0 Å². The molecule has 0 spiro atoms. The molecule has 1 aromatic rings. The molecule has 0 saturated carbocycles. The molecular formula is C10H15ClN2O. The molecule has 3 nitrogen and oxygen atoms in total. The Labute approximate surface area is 89.5 Å². The molecule has 0 radical (unpaired) electrons. The van der Waals surface area contributed by atoms with Crippen LogP contribution in [-0.4, -0.2) is 17.1 Å². The summed E-state index contributed by atoms with van der Waals surface area (Å²) in [7, 11) is 1.66. The Bertz CT molecular complexity index is 300. The SMILES string of the molecule is CCc1cc(Cl)nc(C(CC)OC)n1. The van der Waals surface area contributed by atoms with Gasteiger partial charge in [-0.1, -0.05) is 25.4 Å². The molecule has 0 aliphatic heterocycles. The number of hydrogen-bond donors (Lipinski definition) is 0. The Hall–Kier alpha value is -0.670. The van der Waals surface area contributed by atoms with Crippen LogP contribution in [0.1, 0.15) is 37.9 Å². The Morgan fingerprint density at radius 3 is 2.64 bits per heavy atom. The number of methoxy groups -OCH3 is 1. The molecule has 0 aliphatic rings. The van der Waals surface area contributed by atoms with Crippen LogP contribution in [0.15, 0.2) is 6.07 Å². The molecule has 0 N–H and O–H groups in total. The van der Waals surface area contributed by atoms with E-state index in [4.69, 9.17) is 16.3 Å². The summed E-state index contributed by atoms with van der Waals surface area (Å²) in [4.78, 5) is 8.53. The summed E-state index contributed by atoms with van der Waals surface area (Å²) in [6, 6.07) is 1.79. The molecular weight excluding hydrogens is 200 g/mol. The van der Waals surface area contributed by atoms with Crippen molar-refractivity contribution in [2.24, 2.45) is 0 Å². The van der Waals surface area contributed by atoms with E-state index in [1.54, 1.807) is 13.2 Å². The van der Waals surface area contributed by atoms with Crippen molar-refractivity contribution in [3.63, 3.8) is 0 Å². The van der Waals surface area contributed by atoms with Crippen molar-refractivity contribution < 1.29 is 4.74 Å². The molecule has 1 aromatic heterocycles. The third-order valence-electron chi connectivity index (χ3n) is 2.07. The minimum absolute atomic E-state index is 0.0565. The summed E-state index contributed by atoms with van der Waals surface area (Å²) in [6.07, 6.45) is 1.65. The molecule has 0 bridgehead atoms. The molecule has 0 aromatic carbocycles. The molecule has 78 valence electrons. The average molecular weight is 215 g/mol. The van der Waals surface area contributed by atoms with Gasteiger partial charge in [0.15, 0.2) is 5.82 Å². The van der Waals surface area contributed by atoms with Gasteiger partial charge in [-0.25, -0.2) is 9.97 Å². The molecule has 0 amide bonds. The van der Waals surface area contributed by atoms with Gasteiger partial charge < -0.3 is 4.74 Å². The van der Waals surface area contributed by atoms with E-state index in [9.17, 15) is 0 Å². The Morgan fingerprint density at radius 1 is 1.43 bits per heavy atom. The maximum Gasteiger partial charge on any atom is 0.159 e. The third kappa shape index (κ3) is 2.66. The number of hydrogen-bond acceptors (Lipinski definition) is 3.